The molecule has 0 atom stereocenters. The van der Waals surface area contributed by atoms with Gasteiger partial charge in [0, 0.05) is 18.1 Å². The van der Waals surface area contributed by atoms with E-state index in [-0.39, 0.29) is 14.4 Å². The summed E-state index contributed by atoms with van der Waals surface area (Å²) in [5, 5.41) is 9.13. The second kappa shape index (κ2) is 7.28. The fourth-order valence-electron chi connectivity index (χ4n) is 1.81. The fraction of sp³-hybridized carbons (Fsp3) is 0.0714. The number of nitrogens with zero attached hydrogens (tertiary/aromatic N) is 3. The second-order valence-electron chi connectivity index (χ2n) is 4.32. The van der Waals surface area contributed by atoms with Crippen LogP contribution >= 0.6 is 46.8 Å². The molecule has 2 aromatic rings. The smallest absolute Gasteiger partial charge is 0.267 e. The van der Waals surface area contributed by atoms with Crippen LogP contribution in [-0.2, 0) is 0 Å². The Labute approximate surface area is 150 Å². The first-order chi connectivity index (χ1) is 10.9. The molecule has 5 nitrogen and oxygen atoms in total. The Morgan fingerprint density at radius 3 is 2.43 bits per heavy atom. The molecular weight excluding hydrogens is 381 g/mol. The SMILES string of the molecule is Cc1ccccc1-n1cc(C#N)c(=O)n(SC(Cl)=C(Cl)Cl)c1=O. The highest BCUT2D eigenvalue weighted by molar-refractivity contribution is 8.03. The van der Waals surface area contributed by atoms with E-state index >= 15 is 0 Å². The molecule has 0 fully saturated rings. The zero-order chi connectivity index (χ0) is 17.1. The summed E-state index contributed by atoms with van der Waals surface area (Å²) >= 11 is 17.4. The van der Waals surface area contributed by atoms with Gasteiger partial charge in [0.05, 0.1) is 5.69 Å². The van der Waals surface area contributed by atoms with Gasteiger partial charge in [0.1, 0.15) is 20.5 Å². The molecular formula is C14H8Cl3N3O2S. The van der Waals surface area contributed by atoms with Crippen LogP contribution < -0.4 is 11.2 Å². The minimum absolute atomic E-state index is 0.154. The first kappa shape index (κ1) is 17.7. The van der Waals surface area contributed by atoms with Gasteiger partial charge in [-0.05, 0) is 18.6 Å². The Morgan fingerprint density at radius 1 is 1.22 bits per heavy atom. The monoisotopic (exact) mass is 387 g/mol. The van der Waals surface area contributed by atoms with Gasteiger partial charge >= 0.3 is 5.69 Å². The lowest BCUT2D eigenvalue weighted by Gasteiger charge is -2.12. The van der Waals surface area contributed by atoms with Crippen LogP contribution in [0.15, 0.2) is 48.9 Å². The highest BCUT2D eigenvalue weighted by Crippen LogP contribution is 2.28. The molecule has 9 heteroatoms. The van der Waals surface area contributed by atoms with Crippen LogP contribution in [0.3, 0.4) is 0 Å². The third-order valence-electron chi connectivity index (χ3n) is 2.87. The molecule has 0 saturated carbocycles. The van der Waals surface area contributed by atoms with Crippen molar-refractivity contribution in [2.24, 2.45) is 0 Å². The van der Waals surface area contributed by atoms with Crippen LogP contribution in [0.4, 0.5) is 0 Å². The number of halogens is 3. The quantitative estimate of drug-likeness (QED) is 0.807. The first-order valence-electron chi connectivity index (χ1n) is 6.10. The first-order valence-corrected chi connectivity index (χ1v) is 8.01. The van der Waals surface area contributed by atoms with E-state index in [1.807, 2.05) is 6.07 Å². The van der Waals surface area contributed by atoms with E-state index in [2.05, 4.69) is 0 Å². The zero-order valence-electron chi connectivity index (χ0n) is 11.6. The predicted octanol–water partition coefficient (Wildman–Crippen LogP) is 3.52. The van der Waals surface area contributed by atoms with Crippen molar-refractivity contribution < 1.29 is 0 Å². The van der Waals surface area contributed by atoms with Crippen LogP contribution in [-0.4, -0.2) is 8.54 Å². The minimum Gasteiger partial charge on any atom is -0.267 e. The van der Waals surface area contributed by atoms with Gasteiger partial charge in [-0.25, -0.2) is 4.79 Å². The van der Waals surface area contributed by atoms with Gasteiger partial charge in [-0.3, -0.25) is 9.36 Å². The van der Waals surface area contributed by atoms with Gasteiger partial charge in [-0.2, -0.15) is 9.23 Å². The Balaban J connectivity index is 2.80. The number of aryl methyl sites for hydroxylation is 1. The highest BCUT2D eigenvalue weighted by atomic mass is 35.5. The standard InChI is InChI=1S/C14H8Cl3N3O2S/c1-8-4-2-3-5-10(8)19-7-9(6-18)13(21)20(14(19)22)23-12(17)11(15)16/h2-5,7H,1H3. The molecule has 0 bridgehead atoms. The van der Waals surface area contributed by atoms with Crippen LogP contribution in [0.25, 0.3) is 5.69 Å². The molecule has 0 amide bonds. The maximum absolute atomic E-state index is 12.6. The molecule has 0 radical (unpaired) electrons. The van der Waals surface area contributed by atoms with Crippen LogP contribution in [0.1, 0.15) is 11.1 Å². The average molecular weight is 389 g/mol. The van der Waals surface area contributed by atoms with Gasteiger partial charge < -0.3 is 0 Å². The summed E-state index contributed by atoms with van der Waals surface area (Å²) in [7, 11) is 0. The lowest BCUT2D eigenvalue weighted by atomic mass is 10.2. The Morgan fingerprint density at radius 2 is 1.87 bits per heavy atom. The second-order valence-corrected chi connectivity index (χ2v) is 6.83. The summed E-state index contributed by atoms with van der Waals surface area (Å²) in [5.41, 5.74) is -0.345. The largest absolute Gasteiger partial charge is 0.346 e. The van der Waals surface area contributed by atoms with Crippen molar-refractivity contribution in [1.82, 2.24) is 8.54 Å². The van der Waals surface area contributed by atoms with E-state index in [1.165, 1.54) is 10.8 Å². The lowest BCUT2D eigenvalue weighted by Crippen LogP contribution is -2.37. The van der Waals surface area contributed by atoms with E-state index in [4.69, 9.17) is 40.1 Å². The van der Waals surface area contributed by atoms with E-state index in [1.54, 1.807) is 31.2 Å². The number of aromatic nitrogens is 2. The Bertz CT molecular complexity index is 953. The maximum atomic E-state index is 12.6. The molecule has 1 aromatic carbocycles. The molecule has 2 rings (SSSR count). The van der Waals surface area contributed by atoms with Crippen molar-refractivity contribution in [3.05, 3.63) is 71.3 Å². The van der Waals surface area contributed by atoms with Crippen molar-refractivity contribution in [3.8, 4) is 11.8 Å². The number of nitriles is 1. The van der Waals surface area contributed by atoms with Crippen molar-refractivity contribution >= 4 is 46.8 Å². The molecule has 1 aromatic heterocycles. The van der Waals surface area contributed by atoms with Crippen molar-refractivity contribution in [2.45, 2.75) is 6.92 Å². The fourth-order valence-corrected chi connectivity index (χ4v) is 2.80. The minimum atomic E-state index is -0.792. The van der Waals surface area contributed by atoms with Crippen LogP contribution in [0.5, 0.6) is 0 Å². The molecule has 0 aliphatic carbocycles. The zero-order valence-corrected chi connectivity index (χ0v) is 14.7. The maximum Gasteiger partial charge on any atom is 0.346 e. The topological polar surface area (TPSA) is 67.8 Å². The normalized spacial score (nSPS) is 10.2. The number of benzene rings is 1. The molecule has 0 N–H and O–H groups in total. The van der Waals surface area contributed by atoms with Gasteiger partial charge in [0.15, 0.2) is 0 Å². The predicted molar refractivity (Wildman–Crippen MR) is 93.3 cm³/mol. The summed E-state index contributed by atoms with van der Waals surface area (Å²) in [4.78, 5) is 24.8. The summed E-state index contributed by atoms with van der Waals surface area (Å²) in [5.74, 6) is 0. The van der Waals surface area contributed by atoms with Gasteiger partial charge in [-0.1, -0.05) is 53.0 Å². The molecule has 0 saturated heterocycles. The molecule has 0 aliphatic rings. The lowest BCUT2D eigenvalue weighted by molar-refractivity contribution is 0.854. The van der Waals surface area contributed by atoms with Crippen molar-refractivity contribution in [2.75, 3.05) is 0 Å². The third kappa shape index (κ3) is 3.65. The highest BCUT2D eigenvalue weighted by Gasteiger charge is 2.16. The van der Waals surface area contributed by atoms with Crippen LogP contribution in [0.2, 0.25) is 0 Å². The van der Waals surface area contributed by atoms with Crippen molar-refractivity contribution in [1.29, 1.82) is 5.26 Å². The van der Waals surface area contributed by atoms with Gasteiger partial charge in [-0.15, -0.1) is 0 Å². The van der Waals surface area contributed by atoms with E-state index in [0.29, 0.717) is 17.6 Å². The van der Waals surface area contributed by atoms with E-state index in [9.17, 15) is 9.59 Å². The molecule has 1 heterocycles. The van der Waals surface area contributed by atoms with E-state index < -0.39 is 11.2 Å². The molecule has 118 valence electrons. The summed E-state index contributed by atoms with van der Waals surface area (Å²) < 4.78 is 1.50. The average Bonchev–Trinajstić information content (AvgIpc) is 2.52. The van der Waals surface area contributed by atoms with Gasteiger partial charge in [0.25, 0.3) is 5.56 Å². The Kier molecular flexibility index (Phi) is 5.60. The number of hydrogen-bond acceptors (Lipinski definition) is 4. The summed E-state index contributed by atoms with van der Waals surface area (Å²) in [6.45, 7) is 1.80. The van der Waals surface area contributed by atoms with E-state index in [0.717, 1.165) is 9.54 Å². The number of rotatable bonds is 3. The summed E-state index contributed by atoms with van der Waals surface area (Å²) in [6.07, 6.45) is 1.20. The van der Waals surface area contributed by atoms with Crippen LogP contribution in [0, 0.1) is 18.3 Å². The number of para-hydroxylation sites is 1. The molecule has 23 heavy (non-hydrogen) atoms. The summed E-state index contributed by atoms with van der Waals surface area (Å²) in [6, 6.07) is 8.82. The van der Waals surface area contributed by atoms with Gasteiger partial charge in [0.2, 0.25) is 0 Å². The Hall–Kier alpha value is -1.65. The molecule has 0 spiro atoms. The van der Waals surface area contributed by atoms with Crippen molar-refractivity contribution in [3.63, 3.8) is 0 Å². The number of hydrogen-bond donors (Lipinski definition) is 0. The molecule has 0 unspecified atom stereocenters. The third-order valence-corrected chi connectivity index (χ3v) is 4.93. The molecule has 0 aliphatic heterocycles.